The van der Waals surface area contributed by atoms with Crippen molar-refractivity contribution < 1.29 is 42.1 Å². The number of benzene rings is 3. The third-order valence-corrected chi connectivity index (χ3v) is 5.61. The number of alkyl halides is 3. The lowest BCUT2D eigenvalue weighted by molar-refractivity contribution is -0.274. The summed E-state index contributed by atoms with van der Waals surface area (Å²) in [5, 5.41) is 9.82. The number of halogens is 3. The van der Waals surface area contributed by atoms with Gasteiger partial charge in [-0.05, 0) is 34.9 Å². The molecule has 0 aliphatic carbocycles. The quantitative estimate of drug-likeness (QED) is 0.188. The van der Waals surface area contributed by atoms with Gasteiger partial charge >= 0.3 is 18.3 Å². The number of fused-ring (bicyclic) bond motifs is 1. The van der Waals surface area contributed by atoms with Crippen molar-refractivity contribution in [2.24, 2.45) is 0 Å². The molecule has 0 atom stereocenters. The molecule has 4 aromatic rings. The highest BCUT2D eigenvalue weighted by Crippen LogP contribution is 2.33. The Labute approximate surface area is 208 Å². The number of ketones is 1. The van der Waals surface area contributed by atoms with Crippen LogP contribution in [0, 0.1) is 0 Å². The molecule has 0 aliphatic rings. The summed E-state index contributed by atoms with van der Waals surface area (Å²) in [6.07, 6.45) is -4.82. The van der Waals surface area contributed by atoms with Crippen LogP contribution in [0.1, 0.15) is 28.5 Å². The first-order valence-corrected chi connectivity index (χ1v) is 11.0. The van der Waals surface area contributed by atoms with E-state index in [1.807, 2.05) is 30.3 Å². The normalized spacial score (nSPS) is 11.4. The van der Waals surface area contributed by atoms with E-state index in [1.54, 1.807) is 22.8 Å². The molecule has 1 N–H and O–H groups in total. The van der Waals surface area contributed by atoms with Crippen LogP contribution in [-0.4, -0.2) is 33.8 Å². The zero-order valence-corrected chi connectivity index (χ0v) is 19.4. The average molecular weight is 511 g/mol. The van der Waals surface area contributed by atoms with E-state index >= 15 is 0 Å². The highest BCUT2D eigenvalue weighted by atomic mass is 19.4. The standard InChI is InChI=1S/C27H20F3NO6/c1-16(32)36-15-23-24(25(33)26(34)35)21-12-9-19(18-7-10-20(11-8-18)37-27(28,29)30)13-22(21)31(23)14-17-5-3-2-4-6-17/h2-13H,14-15H2,1H3,(H,34,35). The van der Waals surface area contributed by atoms with Gasteiger partial charge in [-0.2, -0.15) is 0 Å². The van der Waals surface area contributed by atoms with Gasteiger partial charge in [0, 0.05) is 18.9 Å². The maximum absolute atomic E-state index is 12.7. The number of aromatic nitrogens is 1. The van der Waals surface area contributed by atoms with Gasteiger partial charge in [0.15, 0.2) is 0 Å². The van der Waals surface area contributed by atoms with E-state index in [1.165, 1.54) is 31.2 Å². The van der Waals surface area contributed by atoms with Gasteiger partial charge in [-0.25, -0.2) is 4.79 Å². The third kappa shape index (κ3) is 5.80. The number of carboxylic acid groups (broad SMARTS) is 1. The molecular weight excluding hydrogens is 491 g/mol. The van der Waals surface area contributed by atoms with Crippen molar-refractivity contribution in [3.8, 4) is 16.9 Å². The molecule has 7 nitrogen and oxygen atoms in total. The lowest BCUT2D eigenvalue weighted by Gasteiger charge is -2.13. The van der Waals surface area contributed by atoms with Crippen LogP contribution >= 0.6 is 0 Å². The minimum absolute atomic E-state index is 0.0971. The molecule has 4 rings (SSSR count). The summed E-state index contributed by atoms with van der Waals surface area (Å²) in [6, 6.07) is 19.4. The molecule has 0 saturated heterocycles. The smallest absolute Gasteiger partial charge is 0.475 e. The Morgan fingerprint density at radius 2 is 1.57 bits per heavy atom. The van der Waals surface area contributed by atoms with Crippen molar-refractivity contribution in [2.45, 2.75) is 26.4 Å². The van der Waals surface area contributed by atoms with Gasteiger partial charge < -0.3 is 19.1 Å². The molecule has 190 valence electrons. The van der Waals surface area contributed by atoms with E-state index in [2.05, 4.69) is 4.74 Å². The highest BCUT2D eigenvalue weighted by Gasteiger charge is 2.31. The van der Waals surface area contributed by atoms with Gasteiger partial charge in [-0.1, -0.05) is 54.6 Å². The Balaban J connectivity index is 1.88. The molecule has 0 fully saturated rings. The second-order valence-corrected chi connectivity index (χ2v) is 8.11. The summed E-state index contributed by atoms with van der Waals surface area (Å²) in [5.41, 5.74) is 2.62. The average Bonchev–Trinajstić information content (AvgIpc) is 3.14. The van der Waals surface area contributed by atoms with E-state index in [9.17, 15) is 32.7 Å². The highest BCUT2D eigenvalue weighted by molar-refractivity contribution is 6.42. The SMILES string of the molecule is CC(=O)OCc1c(C(=O)C(=O)O)c2ccc(-c3ccc(OC(F)(F)F)cc3)cc2n1Cc1ccccc1. The van der Waals surface area contributed by atoms with Crippen molar-refractivity contribution in [2.75, 3.05) is 0 Å². The molecule has 0 amide bonds. The van der Waals surface area contributed by atoms with Crippen molar-refractivity contribution in [1.29, 1.82) is 0 Å². The van der Waals surface area contributed by atoms with Crippen LogP contribution in [0.4, 0.5) is 13.2 Å². The molecule has 0 spiro atoms. The summed E-state index contributed by atoms with van der Waals surface area (Å²) in [5.74, 6) is -3.79. The van der Waals surface area contributed by atoms with Gasteiger partial charge in [0.25, 0.3) is 5.78 Å². The number of hydrogen-bond acceptors (Lipinski definition) is 5. The van der Waals surface area contributed by atoms with Crippen LogP contribution in [0.5, 0.6) is 5.75 Å². The van der Waals surface area contributed by atoms with Crippen LogP contribution in [0.15, 0.2) is 72.8 Å². The number of carbonyl (C=O) groups is 3. The van der Waals surface area contributed by atoms with Gasteiger partial charge in [0.2, 0.25) is 0 Å². The van der Waals surface area contributed by atoms with E-state index < -0.39 is 24.1 Å². The Bertz CT molecular complexity index is 1470. The van der Waals surface area contributed by atoms with Crippen molar-refractivity contribution >= 4 is 28.6 Å². The summed E-state index contributed by atoms with van der Waals surface area (Å²) >= 11 is 0. The second-order valence-electron chi connectivity index (χ2n) is 8.11. The molecule has 3 aromatic carbocycles. The van der Waals surface area contributed by atoms with Crippen molar-refractivity contribution in [1.82, 2.24) is 4.57 Å². The van der Waals surface area contributed by atoms with E-state index in [4.69, 9.17) is 4.74 Å². The predicted molar refractivity (Wildman–Crippen MR) is 127 cm³/mol. The number of ether oxygens (including phenoxy) is 2. The van der Waals surface area contributed by atoms with Crippen LogP contribution in [0.25, 0.3) is 22.0 Å². The zero-order valence-electron chi connectivity index (χ0n) is 19.4. The Hall–Kier alpha value is -4.60. The summed E-state index contributed by atoms with van der Waals surface area (Å²) in [7, 11) is 0. The fourth-order valence-corrected chi connectivity index (χ4v) is 4.06. The Morgan fingerprint density at radius 3 is 2.16 bits per heavy atom. The van der Waals surface area contributed by atoms with Gasteiger partial charge in [-0.3, -0.25) is 9.59 Å². The Kier molecular flexibility index (Phi) is 7.01. The minimum atomic E-state index is -4.82. The molecule has 10 heteroatoms. The first kappa shape index (κ1) is 25.5. The molecule has 0 radical (unpaired) electrons. The Morgan fingerprint density at radius 1 is 0.919 bits per heavy atom. The number of nitrogens with zero attached hydrogens (tertiary/aromatic N) is 1. The lowest BCUT2D eigenvalue weighted by atomic mass is 10.0. The maximum atomic E-state index is 12.7. The second kappa shape index (κ2) is 10.2. The molecule has 0 saturated carbocycles. The van der Waals surface area contributed by atoms with Gasteiger partial charge in [0.1, 0.15) is 12.4 Å². The number of aliphatic carboxylic acids is 1. The van der Waals surface area contributed by atoms with E-state index in [0.29, 0.717) is 22.0 Å². The van der Waals surface area contributed by atoms with Crippen LogP contribution in [-0.2, 0) is 27.5 Å². The van der Waals surface area contributed by atoms with Gasteiger partial charge in [0.05, 0.1) is 16.8 Å². The first-order chi connectivity index (χ1) is 17.5. The number of carboxylic acids is 1. The summed E-state index contributed by atoms with van der Waals surface area (Å²) < 4.78 is 48.3. The maximum Gasteiger partial charge on any atom is 0.573 e. The molecule has 0 unspecified atom stereocenters. The summed E-state index contributed by atoms with van der Waals surface area (Å²) in [6.45, 7) is 1.11. The first-order valence-electron chi connectivity index (χ1n) is 11.0. The van der Waals surface area contributed by atoms with Crippen molar-refractivity contribution in [3.63, 3.8) is 0 Å². The van der Waals surface area contributed by atoms with E-state index in [-0.39, 0.29) is 30.2 Å². The molecular formula is C27H20F3NO6. The molecule has 0 aliphatic heterocycles. The zero-order chi connectivity index (χ0) is 26.7. The topological polar surface area (TPSA) is 94.8 Å². The molecule has 1 aromatic heterocycles. The largest absolute Gasteiger partial charge is 0.573 e. The minimum Gasteiger partial charge on any atom is -0.475 e. The number of Topliss-reactive ketones (excluding diaryl/α,β-unsaturated/α-hetero) is 1. The number of esters is 1. The van der Waals surface area contributed by atoms with Crippen LogP contribution in [0.3, 0.4) is 0 Å². The van der Waals surface area contributed by atoms with Crippen molar-refractivity contribution in [3.05, 3.63) is 89.6 Å². The van der Waals surface area contributed by atoms with E-state index in [0.717, 1.165) is 5.56 Å². The third-order valence-electron chi connectivity index (χ3n) is 5.61. The lowest BCUT2D eigenvalue weighted by Crippen LogP contribution is -2.17. The summed E-state index contributed by atoms with van der Waals surface area (Å²) in [4.78, 5) is 36.0. The van der Waals surface area contributed by atoms with Crippen LogP contribution < -0.4 is 4.74 Å². The fraction of sp³-hybridized carbons (Fsp3) is 0.148. The monoisotopic (exact) mass is 511 g/mol. The predicted octanol–water partition coefficient (Wildman–Crippen LogP) is 5.59. The van der Waals surface area contributed by atoms with Gasteiger partial charge in [-0.15, -0.1) is 13.2 Å². The molecule has 1 heterocycles. The number of hydrogen-bond donors (Lipinski definition) is 1. The molecule has 0 bridgehead atoms. The number of rotatable bonds is 8. The fourth-order valence-electron chi connectivity index (χ4n) is 4.06. The molecule has 37 heavy (non-hydrogen) atoms. The van der Waals surface area contributed by atoms with Crippen LogP contribution in [0.2, 0.25) is 0 Å². The number of carbonyl (C=O) groups excluding carboxylic acids is 2.